The molecule has 1 heterocycles. The SMILES string of the molecule is O=S(=O)(NCc1ccc(CBr)cc1)N1CCOCC1. The number of alkyl halides is 1. The van der Waals surface area contributed by atoms with Crippen LogP contribution in [0, 0.1) is 0 Å². The molecule has 1 N–H and O–H groups in total. The van der Waals surface area contributed by atoms with Crippen molar-refractivity contribution in [3.63, 3.8) is 0 Å². The molecular weight excluding hydrogens is 332 g/mol. The van der Waals surface area contributed by atoms with E-state index in [4.69, 9.17) is 4.74 Å². The molecule has 0 bridgehead atoms. The lowest BCUT2D eigenvalue weighted by atomic mass is 10.2. The standard InChI is InChI=1S/C12H17BrN2O3S/c13-9-11-1-3-12(4-2-11)10-14-19(16,17)15-5-7-18-8-6-15/h1-4,14H,5-10H2. The van der Waals surface area contributed by atoms with Gasteiger partial charge in [0.1, 0.15) is 0 Å². The van der Waals surface area contributed by atoms with Gasteiger partial charge in [0.15, 0.2) is 0 Å². The van der Waals surface area contributed by atoms with Crippen LogP contribution in [0.4, 0.5) is 0 Å². The summed E-state index contributed by atoms with van der Waals surface area (Å²) in [5, 5.41) is 0.798. The van der Waals surface area contributed by atoms with E-state index in [1.807, 2.05) is 24.3 Å². The fourth-order valence-corrected chi connectivity index (χ4v) is 3.33. The molecule has 7 heteroatoms. The average Bonchev–Trinajstić information content (AvgIpc) is 2.47. The second-order valence-corrected chi connectivity index (χ2v) is 6.60. The van der Waals surface area contributed by atoms with Crippen LogP contribution in [0.25, 0.3) is 0 Å². The number of rotatable bonds is 5. The lowest BCUT2D eigenvalue weighted by molar-refractivity contribution is 0.0725. The van der Waals surface area contributed by atoms with E-state index in [1.54, 1.807) is 0 Å². The minimum Gasteiger partial charge on any atom is -0.379 e. The highest BCUT2D eigenvalue weighted by molar-refractivity contribution is 9.08. The van der Waals surface area contributed by atoms with Gasteiger partial charge in [-0.05, 0) is 11.1 Å². The van der Waals surface area contributed by atoms with Gasteiger partial charge >= 0.3 is 0 Å². The molecule has 0 atom stereocenters. The summed E-state index contributed by atoms with van der Waals surface area (Å²) < 4.78 is 33.2. The summed E-state index contributed by atoms with van der Waals surface area (Å²) >= 11 is 3.37. The predicted molar refractivity (Wildman–Crippen MR) is 77.2 cm³/mol. The van der Waals surface area contributed by atoms with Crippen molar-refractivity contribution in [1.82, 2.24) is 9.03 Å². The van der Waals surface area contributed by atoms with E-state index in [1.165, 1.54) is 9.87 Å². The number of benzene rings is 1. The third-order valence-corrected chi connectivity index (χ3v) is 5.15. The highest BCUT2D eigenvalue weighted by atomic mass is 79.9. The van der Waals surface area contributed by atoms with Gasteiger partial charge in [0.2, 0.25) is 0 Å². The second-order valence-electron chi connectivity index (χ2n) is 4.29. The Labute approximate surface area is 122 Å². The molecule has 0 spiro atoms. The summed E-state index contributed by atoms with van der Waals surface area (Å²) in [5.74, 6) is 0. The Morgan fingerprint density at radius 3 is 2.32 bits per heavy atom. The van der Waals surface area contributed by atoms with Crippen LogP contribution in [-0.2, 0) is 26.8 Å². The highest BCUT2D eigenvalue weighted by Crippen LogP contribution is 2.09. The summed E-state index contributed by atoms with van der Waals surface area (Å²) in [5.41, 5.74) is 2.11. The molecule has 0 aromatic heterocycles. The normalized spacial score (nSPS) is 17.5. The lowest BCUT2D eigenvalue weighted by Crippen LogP contribution is -2.46. The zero-order chi connectivity index (χ0) is 13.7. The molecular formula is C12H17BrN2O3S. The average molecular weight is 349 g/mol. The van der Waals surface area contributed by atoms with Crippen molar-refractivity contribution in [3.05, 3.63) is 35.4 Å². The Morgan fingerprint density at radius 1 is 1.16 bits per heavy atom. The maximum atomic E-state index is 12.0. The number of nitrogens with one attached hydrogen (secondary N) is 1. The van der Waals surface area contributed by atoms with Crippen LogP contribution in [0.15, 0.2) is 24.3 Å². The molecule has 0 aliphatic carbocycles. The van der Waals surface area contributed by atoms with Gasteiger partial charge < -0.3 is 4.74 Å². The molecule has 0 unspecified atom stereocenters. The molecule has 1 aliphatic rings. The van der Waals surface area contributed by atoms with Crippen molar-refractivity contribution in [2.24, 2.45) is 0 Å². The van der Waals surface area contributed by atoms with Crippen LogP contribution in [0.1, 0.15) is 11.1 Å². The quantitative estimate of drug-likeness (QED) is 0.814. The fraction of sp³-hybridized carbons (Fsp3) is 0.500. The summed E-state index contributed by atoms with van der Waals surface area (Å²) in [7, 11) is -3.40. The Bertz CT molecular complexity index is 498. The molecule has 5 nitrogen and oxygen atoms in total. The minimum atomic E-state index is -3.40. The first-order chi connectivity index (χ1) is 9.12. The van der Waals surface area contributed by atoms with Gasteiger partial charge in [-0.3, -0.25) is 0 Å². The van der Waals surface area contributed by atoms with Crippen LogP contribution in [0.3, 0.4) is 0 Å². The fourth-order valence-electron chi connectivity index (χ4n) is 1.80. The van der Waals surface area contributed by atoms with Crippen molar-refractivity contribution in [3.8, 4) is 0 Å². The molecule has 0 amide bonds. The molecule has 2 rings (SSSR count). The van der Waals surface area contributed by atoms with Crippen LogP contribution in [-0.4, -0.2) is 39.0 Å². The van der Waals surface area contributed by atoms with E-state index in [9.17, 15) is 8.42 Å². The van der Waals surface area contributed by atoms with Crippen molar-refractivity contribution in [2.75, 3.05) is 26.3 Å². The van der Waals surface area contributed by atoms with Crippen molar-refractivity contribution >= 4 is 26.1 Å². The lowest BCUT2D eigenvalue weighted by Gasteiger charge is -2.26. The first-order valence-corrected chi connectivity index (χ1v) is 8.64. The zero-order valence-corrected chi connectivity index (χ0v) is 12.9. The van der Waals surface area contributed by atoms with Crippen LogP contribution >= 0.6 is 15.9 Å². The van der Waals surface area contributed by atoms with E-state index in [0.717, 1.165) is 10.9 Å². The largest absolute Gasteiger partial charge is 0.379 e. The van der Waals surface area contributed by atoms with E-state index in [2.05, 4.69) is 20.7 Å². The molecule has 1 aliphatic heterocycles. The molecule has 0 saturated carbocycles. The molecule has 1 aromatic carbocycles. The summed E-state index contributed by atoms with van der Waals surface area (Å²) in [6.07, 6.45) is 0. The van der Waals surface area contributed by atoms with Gasteiger partial charge in [0.05, 0.1) is 13.2 Å². The van der Waals surface area contributed by atoms with Gasteiger partial charge in [-0.25, -0.2) is 0 Å². The van der Waals surface area contributed by atoms with Crippen LogP contribution in [0.5, 0.6) is 0 Å². The maximum absolute atomic E-state index is 12.0. The minimum absolute atomic E-state index is 0.308. The number of hydrogen-bond donors (Lipinski definition) is 1. The molecule has 19 heavy (non-hydrogen) atoms. The third-order valence-electron chi connectivity index (χ3n) is 2.95. The van der Waals surface area contributed by atoms with Gasteiger partial charge in [0.25, 0.3) is 10.2 Å². The highest BCUT2D eigenvalue weighted by Gasteiger charge is 2.23. The predicted octanol–water partition coefficient (Wildman–Crippen LogP) is 1.25. The monoisotopic (exact) mass is 348 g/mol. The Hall–Kier alpha value is -0.470. The number of halogens is 1. The topological polar surface area (TPSA) is 58.6 Å². The van der Waals surface area contributed by atoms with E-state index in [-0.39, 0.29) is 0 Å². The summed E-state index contributed by atoms with van der Waals surface area (Å²) in [4.78, 5) is 0. The van der Waals surface area contributed by atoms with Crippen molar-refractivity contribution in [2.45, 2.75) is 11.9 Å². The van der Waals surface area contributed by atoms with E-state index < -0.39 is 10.2 Å². The van der Waals surface area contributed by atoms with E-state index >= 15 is 0 Å². The van der Waals surface area contributed by atoms with Gasteiger partial charge in [-0.1, -0.05) is 40.2 Å². The summed E-state index contributed by atoms with van der Waals surface area (Å²) in [6.45, 7) is 2.06. The van der Waals surface area contributed by atoms with Crippen LogP contribution in [0.2, 0.25) is 0 Å². The smallest absolute Gasteiger partial charge is 0.279 e. The molecule has 106 valence electrons. The Kier molecular flexibility index (Phi) is 5.35. The third kappa shape index (κ3) is 4.25. The molecule has 1 saturated heterocycles. The Morgan fingerprint density at radius 2 is 1.74 bits per heavy atom. The van der Waals surface area contributed by atoms with Crippen LogP contribution < -0.4 is 4.72 Å². The van der Waals surface area contributed by atoms with Crippen molar-refractivity contribution in [1.29, 1.82) is 0 Å². The van der Waals surface area contributed by atoms with Gasteiger partial charge in [0, 0.05) is 25.0 Å². The number of hydrogen-bond acceptors (Lipinski definition) is 3. The first kappa shape index (κ1) is 14.9. The zero-order valence-electron chi connectivity index (χ0n) is 10.5. The van der Waals surface area contributed by atoms with Crippen molar-refractivity contribution < 1.29 is 13.2 Å². The number of ether oxygens (including phenoxy) is 1. The number of morpholine rings is 1. The maximum Gasteiger partial charge on any atom is 0.279 e. The van der Waals surface area contributed by atoms with Gasteiger partial charge in [-0.2, -0.15) is 17.4 Å². The van der Waals surface area contributed by atoms with E-state index in [0.29, 0.717) is 32.8 Å². The second kappa shape index (κ2) is 6.81. The summed E-state index contributed by atoms with van der Waals surface area (Å²) in [6, 6.07) is 7.82. The van der Waals surface area contributed by atoms with Gasteiger partial charge in [-0.15, -0.1) is 0 Å². The molecule has 0 radical (unpaired) electrons. The number of nitrogens with zero attached hydrogens (tertiary/aromatic N) is 1. The Balaban J connectivity index is 1.92. The molecule has 1 aromatic rings. The first-order valence-electron chi connectivity index (χ1n) is 6.08. The molecule has 1 fully saturated rings.